The number of benzene rings is 2. The second-order valence-corrected chi connectivity index (χ2v) is 6.96. The van der Waals surface area contributed by atoms with Gasteiger partial charge in [0.2, 0.25) is 0 Å². The first-order chi connectivity index (χ1) is 10.2. The minimum absolute atomic E-state index is 0.426. The average molecular weight is 335 g/mol. The van der Waals surface area contributed by atoms with Crippen LogP contribution in [0.5, 0.6) is 0 Å². The Morgan fingerprint density at radius 3 is 2.67 bits per heavy atom. The van der Waals surface area contributed by atoms with Crippen LogP contribution in [0.2, 0.25) is 0 Å². The van der Waals surface area contributed by atoms with E-state index in [9.17, 15) is 0 Å². The van der Waals surface area contributed by atoms with Crippen LogP contribution in [-0.2, 0) is 0 Å². The highest BCUT2D eigenvalue weighted by atomic mass is 32.2. The third-order valence-electron chi connectivity index (χ3n) is 2.92. The molecule has 2 aromatic carbocycles. The Morgan fingerprint density at radius 1 is 1.24 bits per heavy atom. The van der Waals surface area contributed by atoms with Crippen LogP contribution in [-0.4, -0.2) is 17.0 Å². The van der Waals surface area contributed by atoms with Gasteiger partial charge in [-0.15, -0.1) is 23.5 Å². The highest BCUT2D eigenvalue weighted by Crippen LogP contribution is 2.31. The molecule has 0 bridgehead atoms. The Morgan fingerprint density at radius 2 is 2.00 bits per heavy atom. The Balaban J connectivity index is 2.38. The fourth-order valence-electron chi connectivity index (χ4n) is 2.02. The molecule has 5 heteroatoms. The number of rotatable bonds is 6. The normalized spacial score (nSPS) is 10.4. The molecule has 0 saturated heterocycles. The fraction of sp³-hybridized carbons (Fsp3) is 0.188. The molecule has 0 aromatic heterocycles. The molecule has 0 radical (unpaired) electrons. The zero-order valence-electron chi connectivity index (χ0n) is 12.1. The number of nitrogens with one attached hydrogen (secondary N) is 1. The summed E-state index contributed by atoms with van der Waals surface area (Å²) in [7, 11) is 0. The van der Waals surface area contributed by atoms with E-state index in [1.807, 2.05) is 24.3 Å². The van der Waals surface area contributed by atoms with Gasteiger partial charge < -0.3 is 11.1 Å². The van der Waals surface area contributed by atoms with Gasteiger partial charge in [-0.25, -0.2) is 0 Å². The lowest BCUT2D eigenvalue weighted by Gasteiger charge is -2.15. The maximum absolute atomic E-state index is 5.93. The summed E-state index contributed by atoms with van der Waals surface area (Å²) in [6.07, 6.45) is 2.07. The zero-order valence-corrected chi connectivity index (χ0v) is 14.5. The monoisotopic (exact) mass is 334 g/mol. The molecule has 0 spiro atoms. The average Bonchev–Trinajstić information content (AvgIpc) is 2.47. The molecule has 0 saturated carbocycles. The van der Waals surface area contributed by atoms with Crippen LogP contribution in [0.1, 0.15) is 12.5 Å². The smallest absolute Gasteiger partial charge is 0.107 e. The van der Waals surface area contributed by atoms with Gasteiger partial charge in [-0.05, 0) is 42.3 Å². The number of thioether (sulfide) groups is 2. The lowest BCUT2D eigenvalue weighted by atomic mass is 10.1. The van der Waals surface area contributed by atoms with Crippen molar-refractivity contribution in [3.05, 3.63) is 48.0 Å². The molecule has 0 fully saturated rings. The SMILES string of the molecule is CCSc1cccc(Nc2cccc(SC)c2)c1C(N)=S. The molecule has 0 amide bonds. The summed E-state index contributed by atoms with van der Waals surface area (Å²) in [6.45, 7) is 2.12. The molecule has 2 rings (SSSR count). The van der Waals surface area contributed by atoms with E-state index in [0.717, 1.165) is 27.6 Å². The van der Waals surface area contributed by atoms with Gasteiger partial charge in [0.1, 0.15) is 4.99 Å². The molecule has 2 aromatic rings. The van der Waals surface area contributed by atoms with Crippen molar-refractivity contribution in [2.75, 3.05) is 17.3 Å². The molecule has 0 atom stereocenters. The second-order valence-electron chi connectivity index (χ2n) is 4.33. The lowest BCUT2D eigenvalue weighted by Crippen LogP contribution is -2.13. The van der Waals surface area contributed by atoms with Crippen LogP contribution in [0.15, 0.2) is 52.3 Å². The van der Waals surface area contributed by atoms with Crippen LogP contribution in [0, 0.1) is 0 Å². The van der Waals surface area contributed by atoms with Crippen molar-refractivity contribution >= 4 is 52.1 Å². The fourth-order valence-corrected chi connectivity index (χ4v) is 3.62. The predicted octanol–water partition coefficient (Wildman–Crippen LogP) is 4.90. The molecule has 3 N–H and O–H groups in total. The number of hydrogen-bond acceptors (Lipinski definition) is 4. The van der Waals surface area contributed by atoms with E-state index < -0.39 is 0 Å². The second kappa shape index (κ2) is 7.73. The molecule has 0 aliphatic rings. The van der Waals surface area contributed by atoms with Crippen molar-refractivity contribution in [2.24, 2.45) is 5.73 Å². The van der Waals surface area contributed by atoms with Gasteiger partial charge in [0.05, 0.1) is 0 Å². The van der Waals surface area contributed by atoms with Crippen LogP contribution in [0.25, 0.3) is 0 Å². The molecule has 0 aliphatic carbocycles. The minimum atomic E-state index is 0.426. The van der Waals surface area contributed by atoms with Crippen molar-refractivity contribution in [3.63, 3.8) is 0 Å². The largest absolute Gasteiger partial charge is 0.389 e. The van der Waals surface area contributed by atoms with E-state index in [-0.39, 0.29) is 0 Å². The molecule has 0 unspecified atom stereocenters. The van der Waals surface area contributed by atoms with Crippen molar-refractivity contribution in [1.29, 1.82) is 0 Å². The highest BCUT2D eigenvalue weighted by Gasteiger charge is 2.11. The molecule has 21 heavy (non-hydrogen) atoms. The van der Waals surface area contributed by atoms with E-state index in [1.54, 1.807) is 23.5 Å². The first-order valence-corrected chi connectivity index (χ1v) is 9.24. The molecular weight excluding hydrogens is 316 g/mol. The zero-order chi connectivity index (χ0) is 15.2. The number of hydrogen-bond donors (Lipinski definition) is 2. The Bertz CT molecular complexity index is 641. The van der Waals surface area contributed by atoms with Crippen molar-refractivity contribution in [2.45, 2.75) is 16.7 Å². The predicted molar refractivity (Wildman–Crippen MR) is 100 cm³/mol. The number of nitrogens with two attached hydrogens (primary N) is 1. The molecule has 2 nitrogen and oxygen atoms in total. The van der Waals surface area contributed by atoms with Crippen LogP contribution >= 0.6 is 35.7 Å². The number of anilines is 2. The summed E-state index contributed by atoms with van der Waals surface area (Å²) in [5.41, 5.74) is 8.85. The molecule has 0 aliphatic heterocycles. The van der Waals surface area contributed by atoms with Gasteiger partial charge >= 0.3 is 0 Å². The van der Waals surface area contributed by atoms with E-state index in [2.05, 4.69) is 36.7 Å². The van der Waals surface area contributed by atoms with Gasteiger partial charge in [0, 0.05) is 26.7 Å². The Labute approximate surface area is 139 Å². The van der Waals surface area contributed by atoms with Crippen LogP contribution in [0.4, 0.5) is 11.4 Å². The first kappa shape index (κ1) is 16.2. The Kier molecular flexibility index (Phi) is 5.96. The summed E-state index contributed by atoms with van der Waals surface area (Å²) in [4.78, 5) is 2.77. The highest BCUT2D eigenvalue weighted by molar-refractivity contribution is 7.99. The van der Waals surface area contributed by atoms with Gasteiger partial charge in [-0.3, -0.25) is 0 Å². The van der Waals surface area contributed by atoms with Crippen molar-refractivity contribution < 1.29 is 0 Å². The quantitative estimate of drug-likeness (QED) is 0.581. The topological polar surface area (TPSA) is 38.0 Å². The first-order valence-electron chi connectivity index (χ1n) is 6.62. The minimum Gasteiger partial charge on any atom is -0.389 e. The van der Waals surface area contributed by atoms with Gasteiger partial charge in [-0.2, -0.15) is 0 Å². The maximum Gasteiger partial charge on any atom is 0.107 e. The summed E-state index contributed by atoms with van der Waals surface area (Å²) in [5, 5.41) is 3.43. The summed E-state index contributed by atoms with van der Waals surface area (Å²) in [5.74, 6) is 0.987. The van der Waals surface area contributed by atoms with Gasteiger partial charge in [0.15, 0.2) is 0 Å². The standard InChI is InChI=1S/C16H18N2S3/c1-3-21-14-9-5-8-13(15(14)16(17)19)18-11-6-4-7-12(10-11)20-2/h4-10,18H,3H2,1-2H3,(H2,17,19). The van der Waals surface area contributed by atoms with E-state index in [0.29, 0.717) is 4.99 Å². The summed E-state index contributed by atoms with van der Waals surface area (Å²) in [6, 6.07) is 14.4. The van der Waals surface area contributed by atoms with Gasteiger partial charge in [-0.1, -0.05) is 31.3 Å². The van der Waals surface area contributed by atoms with Crippen molar-refractivity contribution in [1.82, 2.24) is 0 Å². The summed E-state index contributed by atoms with van der Waals surface area (Å²) >= 11 is 8.71. The molecular formula is C16H18N2S3. The van der Waals surface area contributed by atoms with Crippen molar-refractivity contribution in [3.8, 4) is 0 Å². The van der Waals surface area contributed by atoms with Crippen LogP contribution < -0.4 is 11.1 Å². The van der Waals surface area contributed by atoms with E-state index in [4.69, 9.17) is 18.0 Å². The lowest BCUT2D eigenvalue weighted by molar-refractivity contribution is 1.37. The van der Waals surface area contributed by atoms with E-state index >= 15 is 0 Å². The maximum atomic E-state index is 5.93. The molecule has 110 valence electrons. The van der Waals surface area contributed by atoms with Gasteiger partial charge in [0.25, 0.3) is 0 Å². The Hall–Kier alpha value is -1.17. The van der Waals surface area contributed by atoms with E-state index in [1.165, 1.54) is 4.90 Å². The number of thiocarbonyl (C=S) groups is 1. The third-order valence-corrected chi connectivity index (χ3v) is 4.79. The summed E-state index contributed by atoms with van der Waals surface area (Å²) < 4.78 is 0. The van der Waals surface area contributed by atoms with Crippen LogP contribution in [0.3, 0.4) is 0 Å². The molecule has 0 heterocycles. The third kappa shape index (κ3) is 4.15.